The number of phosphoric acid groups is 1. The molecule has 2 fully saturated rings. The molecule has 0 radical (unpaired) electrons. The molecule has 0 aromatic rings. The van der Waals surface area contributed by atoms with Crippen LogP contribution in [0.5, 0.6) is 0 Å². The maximum Gasteiger partial charge on any atom is 0.472 e. The molecule has 538 valence electrons. The number of aliphatic hydroxyl groups is 3. The molecule has 0 spiro atoms. The van der Waals surface area contributed by atoms with Crippen molar-refractivity contribution in [2.24, 2.45) is 0 Å². The molecule has 2 amide bonds. The Morgan fingerprint density at radius 2 is 0.967 bits per heavy atom. The summed E-state index contributed by atoms with van der Waals surface area (Å²) < 4.78 is 63.5. The van der Waals surface area contributed by atoms with Crippen LogP contribution in [0.25, 0.3) is 0 Å². The number of ether oxygens (including phenoxy) is 6. The lowest BCUT2D eigenvalue weighted by atomic mass is 9.94. The summed E-state index contributed by atoms with van der Waals surface area (Å²) in [6.45, 7) is 11.2. The van der Waals surface area contributed by atoms with E-state index in [0.717, 1.165) is 83.5 Å². The van der Waals surface area contributed by atoms with Crippen LogP contribution in [0.2, 0.25) is 0 Å². The molecule has 0 aromatic heterocycles. The highest BCUT2D eigenvalue weighted by Crippen LogP contribution is 2.41. The quantitative estimate of drug-likeness (QED) is 0.00701. The highest BCUT2D eigenvalue weighted by Gasteiger charge is 2.49. The van der Waals surface area contributed by atoms with Gasteiger partial charge in [0.25, 0.3) is 0 Å². The Labute approximate surface area is 551 Å². The molecular formula is C68H132N2O19P2. The second-order valence-electron chi connectivity index (χ2n) is 24.8. The number of phosphoric ester groups is 1. The van der Waals surface area contributed by atoms with Gasteiger partial charge in [-0.25, -0.2) is 14.4 Å². The first kappa shape index (κ1) is 89.1. The number of carbonyl (C=O) groups excluding carboxylic acids is 3. The minimum absolute atomic E-state index is 0.0876. The summed E-state index contributed by atoms with van der Waals surface area (Å²) in [6, 6.07) is -1.84. The fraction of sp³-hybridized carbons (Fsp3) is 0.926. The van der Waals surface area contributed by atoms with Crippen LogP contribution < -0.4 is 10.6 Å². The van der Waals surface area contributed by atoms with Gasteiger partial charge >= 0.3 is 16.5 Å². The van der Waals surface area contributed by atoms with Crippen LogP contribution in [0.1, 0.15) is 304 Å². The van der Waals surface area contributed by atoms with Crippen molar-refractivity contribution in [3.63, 3.8) is 0 Å². The van der Waals surface area contributed by atoms with Gasteiger partial charge < -0.3 is 64.2 Å². The highest BCUT2D eigenvalue weighted by molar-refractivity contribution is 7.46. The maximum atomic E-state index is 13.0. The van der Waals surface area contributed by atoms with Gasteiger partial charge in [-0.2, -0.15) is 0 Å². The molecule has 2 saturated heterocycles. The lowest BCUT2D eigenvalue weighted by Crippen LogP contribution is -2.64. The molecule has 21 nitrogen and oxygen atoms in total. The van der Waals surface area contributed by atoms with Crippen molar-refractivity contribution in [2.45, 2.75) is 372 Å². The van der Waals surface area contributed by atoms with Crippen LogP contribution in [-0.4, -0.2) is 149 Å². The molecule has 0 aliphatic carbocycles. The monoisotopic (exact) mass is 1340 g/mol. The SMILES string of the molecule is CCCCCC/C=C\CCCCCCCCCC(=O)NC1[C@H](OC)O[C@H](CCO)[C@@H](O)[C@@H]1OCC[C@@H](CCCCCCC)OC.CCCCCCCCCCCC(=O)CC(=O)N[C@H]1[C@@H](OP(=O)(O)O)OC(CC)[C@@H](O)[C@@H]1OCCCCCCCCCC.O=POO. The zero-order chi connectivity index (χ0) is 67.6. The smallest absolute Gasteiger partial charge is 0.396 e. The van der Waals surface area contributed by atoms with Gasteiger partial charge in [0.2, 0.25) is 11.8 Å². The Hall–Kier alpha value is -1.88. The standard InChI is InChI=1S/C37H71NO7.C31H60NO9P.HO3P/c1-5-7-9-11-12-13-14-15-16-17-18-19-20-22-24-26-33(40)38-34-36(35(41)32(27-29-39)45-37(34)43-4)44-30-28-31(42-3)25-23-21-10-8-6-2;1-4-7-9-11-13-15-16-18-20-22-25(33)24-27(34)32-28-30(39-23-21-19-17-14-12-10-8-5-2)29(35)26(6-3)40-31(28)41-42(36,37)38;1-3-4-2/h13-14,31-32,34-37,39,41H,5-12,15-30H2,1-4H3,(H,38,40);26,28-31,35H,4-24H2,1-3H3,(H,32,34)(H2,36,37,38);1H/b14-13-;;/t31-,32-,34?,35-,36-,37-;26?,28-,29-,30-,31-;/m11./s1. The molecule has 0 aromatic carbocycles. The molecular weight excluding hydrogens is 1210 g/mol. The maximum absolute atomic E-state index is 13.0. The summed E-state index contributed by atoms with van der Waals surface area (Å²) in [5, 5.41) is 44.3. The van der Waals surface area contributed by atoms with Gasteiger partial charge in [-0.15, -0.1) is 4.67 Å². The number of allylic oxidation sites excluding steroid dienone is 2. The highest BCUT2D eigenvalue weighted by atomic mass is 31.2. The third-order valence-electron chi connectivity index (χ3n) is 16.9. The molecule has 2 aliphatic heterocycles. The van der Waals surface area contributed by atoms with Gasteiger partial charge in [-0.1, -0.05) is 227 Å². The molecule has 2 rings (SSSR count). The number of nitrogens with one attached hydrogen (secondary N) is 2. The van der Waals surface area contributed by atoms with E-state index in [-0.39, 0.29) is 37.2 Å². The fourth-order valence-electron chi connectivity index (χ4n) is 11.6. The van der Waals surface area contributed by atoms with Crippen LogP contribution in [0.3, 0.4) is 0 Å². The van der Waals surface area contributed by atoms with E-state index in [2.05, 4.69) is 55.2 Å². The first-order valence-corrected chi connectivity index (χ1v) is 38.0. The number of rotatable bonds is 57. The number of ketones is 1. The van der Waals surface area contributed by atoms with Crippen LogP contribution in [0.4, 0.5) is 0 Å². The second kappa shape index (κ2) is 61.7. The Morgan fingerprint density at radius 3 is 1.44 bits per heavy atom. The molecule has 2 aliphatic rings. The Balaban J connectivity index is 0.00000168. The number of aliphatic hydroxyl groups excluding tert-OH is 3. The van der Waals surface area contributed by atoms with Crippen LogP contribution in [0.15, 0.2) is 12.2 Å². The van der Waals surface area contributed by atoms with Gasteiger partial charge in [0.15, 0.2) is 12.6 Å². The van der Waals surface area contributed by atoms with Crippen molar-refractivity contribution >= 4 is 34.1 Å². The molecule has 2 unspecified atom stereocenters. The number of amides is 2. The van der Waals surface area contributed by atoms with Crippen molar-refractivity contribution in [2.75, 3.05) is 34.0 Å². The minimum Gasteiger partial charge on any atom is -0.396 e. The second-order valence-corrected chi connectivity index (χ2v) is 26.3. The molecule has 0 saturated carbocycles. The van der Waals surface area contributed by atoms with Gasteiger partial charge in [0.1, 0.15) is 42.3 Å². The van der Waals surface area contributed by atoms with Gasteiger partial charge in [0.05, 0.1) is 24.7 Å². The van der Waals surface area contributed by atoms with Crippen LogP contribution >= 0.6 is 16.5 Å². The topological polar surface area (TPSA) is 305 Å². The van der Waals surface area contributed by atoms with E-state index in [9.17, 15) is 44.1 Å². The number of hydrogen-bond donors (Lipinski definition) is 8. The van der Waals surface area contributed by atoms with E-state index in [1.54, 1.807) is 14.0 Å². The van der Waals surface area contributed by atoms with E-state index in [1.807, 2.05) is 0 Å². The third kappa shape index (κ3) is 47.6. The fourth-order valence-corrected chi connectivity index (χ4v) is 12.0. The molecule has 0 bridgehead atoms. The Bertz CT molecular complexity index is 1790. The van der Waals surface area contributed by atoms with Crippen LogP contribution in [-0.2, 0) is 61.1 Å². The van der Waals surface area contributed by atoms with Crippen molar-refractivity contribution < 1.29 is 91.5 Å². The molecule has 23 heteroatoms. The van der Waals surface area contributed by atoms with E-state index < -0.39 is 83.7 Å². The van der Waals surface area contributed by atoms with Crippen molar-refractivity contribution in [3.8, 4) is 0 Å². The molecule has 2 heterocycles. The summed E-state index contributed by atoms with van der Waals surface area (Å²) in [6.07, 6.45) is 40.6. The van der Waals surface area contributed by atoms with Crippen molar-refractivity contribution in [1.29, 1.82) is 0 Å². The number of hydrogen-bond acceptors (Lipinski definition) is 17. The van der Waals surface area contributed by atoms with Crippen molar-refractivity contribution in [1.82, 2.24) is 10.6 Å². The van der Waals surface area contributed by atoms with Crippen molar-refractivity contribution in [3.05, 3.63) is 12.2 Å². The Kier molecular flexibility index (Phi) is 60.4. The lowest BCUT2D eigenvalue weighted by Gasteiger charge is -2.44. The van der Waals surface area contributed by atoms with Crippen LogP contribution in [0, 0.1) is 0 Å². The number of carbonyl (C=O) groups is 3. The summed E-state index contributed by atoms with van der Waals surface area (Å²) >= 11 is 0. The third-order valence-corrected chi connectivity index (χ3v) is 17.5. The predicted octanol–water partition coefficient (Wildman–Crippen LogP) is 14.9. The first-order valence-electron chi connectivity index (χ1n) is 35.7. The summed E-state index contributed by atoms with van der Waals surface area (Å²) in [7, 11) is -2.43. The zero-order valence-electron chi connectivity index (χ0n) is 57.7. The zero-order valence-corrected chi connectivity index (χ0v) is 59.5. The number of unbranched alkanes of at least 4 members (excludes halogenated alkanes) is 30. The minimum atomic E-state index is -4.99. The molecule has 11 atom stereocenters. The average molecular weight is 1340 g/mol. The summed E-state index contributed by atoms with van der Waals surface area (Å²) in [4.78, 5) is 57.3. The van der Waals surface area contributed by atoms with Gasteiger partial charge in [-0.3, -0.25) is 18.9 Å². The lowest BCUT2D eigenvalue weighted by molar-refractivity contribution is -0.267. The Morgan fingerprint density at radius 1 is 0.549 bits per heavy atom. The normalized spacial score (nSPS) is 22.1. The van der Waals surface area contributed by atoms with E-state index >= 15 is 0 Å². The van der Waals surface area contributed by atoms with E-state index in [1.165, 1.54) is 155 Å². The van der Waals surface area contributed by atoms with E-state index in [0.29, 0.717) is 38.9 Å². The largest absolute Gasteiger partial charge is 0.472 e. The van der Waals surface area contributed by atoms with E-state index in [4.69, 9.17) is 42.8 Å². The summed E-state index contributed by atoms with van der Waals surface area (Å²) in [5.41, 5.74) is 0. The summed E-state index contributed by atoms with van der Waals surface area (Å²) in [5.74, 6) is -0.912. The average Bonchev–Trinajstić information content (AvgIpc) is 0.852. The molecule has 8 N–H and O–H groups in total. The van der Waals surface area contributed by atoms with Gasteiger partial charge in [0, 0.05) is 46.9 Å². The van der Waals surface area contributed by atoms with Gasteiger partial charge in [-0.05, 0) is 70.6 Å². The molecule has 91 heavy (non-hydrogen) atoms. The first-order chi connectivity index (χ1) is 44.1. The predicted molar refractivity (Wildman–Crippen MR) is 358 cm³/mol. The number of Topliss-reactive ketones (excluding diaryl/α,β-unsaturated/α-hetero) is 1. The number of methoxy groups -OCH3 is 2.